The molecule has 108 valence electrons. The van der Waals surface area contributed by atoms with Crippen LogP contribution >= 0.6 is 0 Å². The molecule has 0 aromatic heterocycles. The molecular formula is C14H17NO5. The van der Waals surface area contributed by atoms with Crippen LogP contribution in [0.25, 0.3) is 0 Å². The zero-order valence-electron chi connectivity index (χ0n) is 10.9. The molecule has 1 aliphatic rings. The second-order valence-electron chi connectivity index (χ2n) is 4.69. The highest BCUT2D eigenvalue weighted by molar-refractivity contribution is 5.94. The number of ether oxygens (including phenoxy) is 1. The molecule has 1 aromatic carbocycles. The molecule has 1 fully saturated rings. The molecular weight excluding hydrogens is 262 g/mol. The maximum Gasteiger partial charge on any atom is 0.332 e. The summed E-state index contributed by atoms with van der Waals surface area (Å²) in [5, 5.41) is 20.3. The Labute approximate surface area is 116 Å². The fourth-order valence-electron chi connectivity index (χ4n) is 2.12. The number of aliphatic hydroxyl groups excluding tert-OH is 1. The molecule has 0 aliphatic carbocycles. The number of benzene rings is 1. The van der Waals surface area contributed by atoms with E-state index in [-0.39, 0.29) is 12.5 Å². The summed E-state index contributed by atoms with van der Waals surface area (Å²) in [6.45, 7) is 0.0815. The number of nitrogens with one attached hydrogen (secondary N) is 1. The van der Waals surface area contributed by atoms with Crippen LogP contribution in [-0.4, -0.2) is 40.9 Å². The number of aliphatic hydroxyl groups is 1. The first-order chi connectivity index (χ1) is 9.60. The Morgan fingerprint density at radius 3 is 2.40 bits per heavy atom. The molecule has 1 aliphatic heterocycles. The van der Waals surface area contributed by atoms with E-state index in [2.05, 4.69) is 5.32 Å². The summed E-state index contributed by atoms with van der Waals surface area (Å²) in [6, 6.07) is 7.13. The third-order valence-electron chi connectivity index (χ3n) is 3.21. The maximum atomic E-state index is 11.9. The monoisotopic (exact) mass is 279 g/mol. The van der Waals surface area contributed by atoms with Gasteiger partial charge in [-0.2, -0.15) is 0 Å². The molecule has 0 unspecified atom stereocenters. The van der Waals surface area contributed by atoms with Crippen LogP contribution in [0, 0.1) is 0 Å². The first kappa shape index (κ1) is 14.5. The van der Waals surface area contributed by atoms with Crippen LogP contribution in [0.3, 0.4) is 0 Å². The van der Waals surface area contributed by atoms with E-state index in [1.807, 2.05) is 12.1 Å². The van der Waals surface area contributed by atoms with Gasteiger partial charge in [-0.05, 0) is 37.0 Å². The highest BCUT2D eigenvalue weighted by Gasteiger charge is 2.34. The van der Waals surface area contributed by atoms with Gasteiger partial charge in [0.2, 0.25) is 0 Å². The molecule has 1 saturated heterocycles. The first-order valence-electron chi connectivity index (χ1n) is 6.49. The van der Waals surface area contributed by atoms with Crippen LogP contribution in [0.15, 0.2) is 24.3 Å². The van der Waals surface area contributed by atoms with E-state index in [9.17, 15) is 9.59 Å². The van der Waals surface area contributed by atoms with Crippen LogP contribution in [0.1, 0.15) is 18.4 Å². The summed E-state index contributed by atoms with van der Waals surface area (Å²) in [4.78, 5) is 22.7. The van der Waals surface area contributed by atoms with Gasteiger partial charge in [0.05, 0.1) is 0 Å². The summed E-state index contributed by atoms with van der Waals surface area (Å²) in [6.07, 6.45) is -0.278. The molecule has 6 nitrogen and oxygen atoms in total. The van der Waals surface area contributed by atoms with Crippen molar-refractivity contribution in [2.24, 2.45) is 0 Å². The molecule has 1 aromatic rings. The normalized spacial score (nSPS) is 21.6. The van der Waals surface area contributed by atoms with E-state index < -0.39 is 18.2 Å². The summed E-state index contributed by atoms with van der Waals surface area (Å²) in [5.41, 5.74) is 1.60. The van der Waals surface area contributed by atoms with Crippen molar-refractivity contribution < 1.29 is 24.5 Å². The Morgan fingerprint density at radius 1 is 1.20 bits per heavy atom. The van der Waals surface area contributed by atoms with Gasteiger partial charge in [-0.25, -0.2) is 4.79 Å². The predicted octanol–water partition coefficient (Wildman–Crippen LogP) is 0.792. The maximum absolute atomic E-state index is 11.9. The number of carboxylic acids is 1. The van der Waals surface area contributed by atoms with Crippen LogP contribution in [-0.2, 0) is 20.7 Å². The highest BCUT2D eigenvalue weighted by atomic mass is 16.5. The lowest BCUT2D eigenvalue weighted by Gasteiger charge is -2.12. The Kier molecular flexibility index (Phi) is 4.70. The van der Waals surface area contributed by atoms with Crippen LogP contribution in [0.2, 0.25) is 0 Å². The van der Waals surface area contributed by atoms with Crippen molar-refractivity contribution in [3.8, 4) is 0 Å². The Hall–Kier alpha value is -1.92. The van der Waals surface area contributed by atoms with Crippen LogP contribution < -0.4 is 5.32 Å². The average molecular weight is 279 g/mol. The van der Waals surface area contributed by atoms with Gasteiger partial charge in [-0.1, -0.05) is 12.1 Å². The van der Waals surface area contributed by atoms with Gasteiger partial charge in [0.25, 0.3) is 5.91 Å². The molecule has 1 heterocycles. The number of hydrogen-bond donors (Lipinski definition) is 3. The minimum Gasteiger partial charge on any atom is -0.479 e. The van der Waals surface area contributed by atoms with Crippen molar-refractivity contribution in [1.82, 2.24) is 0 Å². The molecule has 20 heavy (non-hydrogen) atoms. The fraction of sp³-hybridized carbons (Fsp3) is 0.429. The van der Waals surface area contributed by atoms with E-state index in [4.69, 9.17) is 14.9 Å². The van der Waals surface area contributed by atoms with E-state index in [1.54, 1.807) is 12.1 Å². The van der Waals surface area contributed by atoms with Crippen molar-refractivity contribution in [2.75, 3.05) is 11.9 Å². The van der Waals surface area contributed by atoms with Crippen molar-refractivity contribution in [2.45, 2.75) is 31.5 Å². The molecule has 0 spiro atoms. The molecule has 2 atom stereocenters. The second-order valence-corrected chi connectivity index (χ2v) is 4.69. The number of aliphatic carboxylic acids is 1. The quantitative estimate of drug-likeness (QED) is 0.740. The topological polar surface area (TPSA) is 95.9 Å². The van der Waals surface area contributed by atoms with E-state index in [0.717, 1.165) is 5.56 Å². The number of amides is 1. The standard InChI is InChI=1S/C14H17NO5/c16-8-7-9-1-3-10(4-2-9)15-13(17)11-5-6-12(20-11)14(18)19/h1-4,11-12,16H,5-8H2,(H,15,17)(H,18,19)/t11-,12+/m0/s1. The Morgan fingerprint density at radius 2 is 1.85 bits per heavy atom. The number of rotatable bonds is 5. The molecule has 0 bridgehead atoms. The van der Waals surface area contributed by atoms with Crippen molar-refractivity contribution in [3.05, 3.63) is 29.8 Å². The number of carboxylic acid groups (broad SMARTS) is 1. The second kappa shape index (κ2) is 6.49. The Bertz CT molecular complexity index is 485. The van der Waals surface area contributed by atoms with Gasteiger partial charge in [0, 0.05) is 12.3 Å². The van der Waals surface area contributed by atoms with Gasteiger partial charge in [-0.3, -0.25) is 4.79 Å². The van der Waals surface area contributed by atoms with Gasteiger partial charge in [0.15, 0.2) is 6.10 Å². The van der Waals surface area contributed by atoms with Crippen LogP contribution in [0.4, 0.5) is 5.69 Å². The van der Waals surface area contributed by atoms with Crippen LogP contribution in [0.5, 0.6) is 0 Å². The molecule has 0 radical (unpaired) electrons. The minimum absolute atomic E-state index is 0.0815. The Balaban J connectivity index is 1.90. The number of carbonyl (C=O) groups is 2. The molecule has 6 heteroatoms. The van der Waals surface area contributed by atoms with Gasteiger partial charge in [0.1, 0.15) is 6.10 Å². The molecule has 1 amide bonds. The smallest absolute Gasteiger partial charge is 0.332 e. The minimum atomic E-state index is -1.03. The lowest BCUT2D eigenvalue weighted by Crippen LogP contribution is -2.29. The highest BCUT2D eigenvalue weighted by Crippen LogP contribution is 2.21. The first-order valence-corrected chi connectivity index (χ1v) is 6.49. The van der Waals surface area contributed by atoms with Gasteiger partial charge >= 0.3 is 5.97 Å². The lowest BCUT2D eigenvalue weighted by atomic mass is 10.1. The fourth-order valence-corrected chi connectivity index (χ4v) is 2.12. The molecule has 2 rings (SSSR count). The van der Waals surface area contributed by atoms with Gasteiger partial charge in [-0.15, -0.1) is 0 Å². The van der Waals surface area contributed by atoms with Crippen molar-refractivity contribution in [3.63, 3.8) is 0 Å². The third-order valence-corrected chi connectivity index (χ3v) is 3.21. The largest absolute Gasteiger partial charge is 0.479 e. The average Bonchev–Trinajstić information content (AvgIpc) is 2.91. The number of hydrogen-bond acceptors (Lipinski definition) is 4. The summed E-state index contributed by atoms with van der Waals surface area (Å²) in [7, 11) is 0. The van der Waals surface area contributed by atoms with Crippen molar-refractivity contribution in [1.29, 1.82) is 0 Å². The molecule has 3 N–H and O–H groups in total. The number of carbonyl (C=O) groups excluding carboxylic acids is 1. The summed E-state index contributed by atoms with van der Waals surface area (Å²) in [5.74, 6) is -1.36. The summed E-state index contributed by atoms with van der Waals surface area (Å²) < 4.78 is 5.17. The third kappa shape index (κ3) is 3.55. The SMILES string of the molecule is O=C(Nc1ccc(CCO)cc1)[C@@H]1CC[C@H](C(=O)O)O1. The van der Waals surface area contributed by atoms with E-state index in [1.165, 1.54) is 0 Å². The number of anilines is 1. The van der Waals surface area contributed by atoms with Crippen molar-refractivity contribution >= 4 is 17.6 Å². The predicted molar refractivity (Wildman–Crippen MR) is 71.4 cm³/mol. The zero-order chi connectivity index (χ0) is 14.5. The van der Waals surface area contributed by atoms with E-state index >= 15 is 0 Å². The van der Waals surface area contributed by atoms with Gasteiger partial charge < -0.3 is 20.3 Å². The summed E-state index contributed by atoms with van der Waals surface area (Å²) >= 11 is 0. The van der Waals surface area contributed by atoms with E-state index in [0.29, 0.717) is 24.9 Å². The lowest BCUT2D eigenvalue weighted by molar-refractivity contribution is -0.150. The molecule has 0 saturated carbocycles. The zero-order valence-corrected chi connectivity index (χ0v) is 10.9.